The molecule has 3 nitrogen and oxygen atoms in total. The predicted octanol–water partition coefficient (Wildman–Crippen LogP) is 3.60. The molecule has 0 saturated heterocycles. The van der Waals surface area contributed by atoms with E-state index >= 15 is 0 Å². The van der Waals surface area contributed by atoms with Crippen LogP contribution in [0, 0.1) is 0 Å². The predicted molar refractivity (Wildman–Crippen MR) is 77.2 cm³/mol. The first-order valence-corrected chi connectivity index (χ1v) is 6.90. The van der Waals surface area contributed by atoms with E-state index in [0.717, 1.165) is 4.47 Å². The smallest absolute Gasteiger partial charge is 0.253 e. The second kappa shape index (κ2) is 7.12. The number of hydrogen-bond donors (Lipinski definition) is 0. The van der Waals surface area contributed by atoms with Gasteiger partial charge in [0.25, 0.3) is 5.91 Å². The fourth-order valence-electron chi connectivity index (χ4n) is 1.42. The number of ether oxygens (including phenoxy) is 1. The molecule has 0 N–H and O–H groups in total. The zero-order chi connectivity index (χ0) is 13.7. The molecule has 100 valence electrons. The number of likely N-dealkylation sites (N-methyl/N-ethyl adjacent to an activating group) is 1. The van der Waals surface area contributed by atoms with Crippen LogP contribution >= 0.6 is 27.5 Å². The molecule has 0 aliphatic carbocycles. The second-order valence-electron chi connectivity index (χ2n) is 4.30. The van der Waals surface area contributed by atoms with Crippen molar-refractivity contribution in [1.29, 1.82) is 0 Å². The van der Waals surface area contributed by atoms with Crippen molar-refractivity contribution in [1.82, 2.24) is 4.90 Å². The summed E-state index contributed by atoms with van der Waals surface area (Å²) in [5, 5.41) is 0.541. The van der Waals surface area contributed by atoms with Crippen molar-refractivity contribution < 1.29 is 9.53 Å². The molecule has 0 spiro atoms. The van der Waals surface area contributed by atoms with Crippen molar-refractivity contribution in [3.05, 3.63) is 33.3 Å². The molecule has 0 bridgehead atoms. The van der Waals surface area contributed by atoms with Crippen LogP contribution in [0.25, 0.3) is 0 Å². The van der Waals surface area contributed by atoms with Crippen LogP contribution in [-0.2, 0) is 4.74 Å². The summed E-state index contributed by atoms with van der Waals surface area (Å²) < 4.78 is 6.21. The normalized spacial score (nSPS) is 10.8. The van der Waals surface area contributed by atoms with Crippen LogP contribution in [0.3, 0.4) is 0 Å². The Kier molecular flexibility index (Phi) is 6.12. The molecule has 0 fully saturated rings. The van der Waals surface area contributed by atoms with Crippen LogP contribution < -0.4 is 0 Å². The standard InChI is InChI=1S/C13H17BrClNO2/c1-9(2)18-5-4-16(3)13(17)10-6-11(14)8-12(15)7-10/h6-9H,4-5H2,1-3H3. The van der Waals surface area contributed by atoms with E-state index in [0.29, 0.717) is 23.7 Å². The third-order valence-corrected chi connectivity index (χ3v) is 3.01. The van der Waals surface area contributed by atoms with Crippen molar-refractivity contribution in [2.75, 3.05) is 20.2 Å². The highest BCUT2D eigenvalue weighted by Gasteiger charge is 2.12. The Bertz CT molecular complexity index is 403. The molecule has 1 aromatic carbocycles. The fraction of sp³-hybridized carbons (Fsp3) is 0.462. The molecule has 0 radical (unpaired) electrons. The van der Waals surface area contributed by atoms with Gasteiger partial charge in [-0.1, -0.05) is 27.5 Å². The quantitative estimate of drug-likeness (QED) is 0.823. The Morgan fingerprint density at radius 2 is 2.11 bits per heavy atom. The van der Waals surface area contributed by atoms with Crippen LogP contribution in [-0.4, -0.2) is 37.1 Å². The maximum atomic E-state index is 12.1. The molecule has 18 heavy (non-hydrogen) atoms. The largest absolute Gasteiger partial charge is 0.377 e. The number of nitrogens with zero attached hydrogens (tertiary/aromatic N) is 1. The number of hydrogen-bond acceptors (Lipinski definition) is 2. The molecule has 0 aliphatic heterocycles. The molecule has 0 unspecified atom stereocenters. The maximum Gasteiger partial charge on any atom is 0.253 e. The molecule has 1 rings (SSSR count). The summed E-state index contributed by atoms with van der Waals surface area (Å²) >= 11 is 9.24. The molecule has 0 atom stereocenters. The minimum absolute atomic E-state index is 0.0643. The minimum Gasteiger partial charge on any atom is -0.377 e. The van der Waals surface area contributed by atoms with Gasteiger partial charge in [0.2, 0.25) is 0 Å². The first kappa shape index (κ1) is 15.5. The van der Waals surface area contributed by atoms with Crippen LogP contribution in [0.5, 0.6) is 0 Å². The monoisotopic (exact) mass is 333 g/mol. The molecule has 0 aliphatic rings. The summed E-state index contributed by atoms with van der Waals surface area (Å²) in [7, 11) is 1.75. The number of benzene rings is 1. The Morgan fingerprint density at radius 3 is 2.67 bits per heavy atom. The van der Waals surface area contributed by atoms with E-state index < -0.39 is 0 Å². The topological polar surface area (TPSA) is 29.5 Å². The molecule has 0 heterocycles. The van der Waals surface area contributed by atoms with Crippen molar-refractivity contribution in [2.24, 2.45) is 0 Å². The number of rotatable bonds is 5. The number of halogens is 2. The Balaban J connectivity index is 2.62. The van der Waals surface area contributed by atoms with E-state index in [4.69, 9.17) is 16.3 Å². The van der Waals surface area contributed by atoms with Crippen LogP contribution in [0.1, 0.15) is 24.2 Å². The van der Waals surface area contributed by atoms with Gasteiger partial charge in [-0.15, -0.1) is 0 Å². The molecule has 5 heteroatoms. The van der Waals surface area contributed by atoms with Crippen molar-refractivity contribution in [3.8, 4) is 0 Å². The first-order valence-electron chi connectivity index (χ1n) is 5.73. The lowest BCUT2D eigenvalue weighted by molar-refractivity contribution is 0.0532. The highest BCUT2D eigenvalue weighted by molar-refractivity contribution is 9.10. The van der Waals surface area contributed by atoms with Gasteiger partial charge in [0.1, 0.15) is 0 Å². The summed E-state index contributed by atoms with van der Waals surface area (Å²) in [6, 6.07) is 5.17. The number of carbonyl (C=O) groups is 1. The number of amides is 1. The van der Waals surface area contributed by atoms with Gasteiger partial charge in [0.05, 0.1) is 12.7 Å². The lowest BCUT2D eigenvalue weighted by Gasteiger charge is -2.18. The Hall–Kier alpha value is -0.580. The van der Waals surface area contributed by atoms with E-state index in [2.05, 4.69) is 15.9 Å². The molecule has 0 saturated carbocycles. The van der Waals surface area contributed by atoms with Gasteiger partial charge in [-0.25, -0.2) is 0 Å². The highest BCUT2D eigenvalue weighted by Crippen LogP contribution is 2.20. The van der Waals surface area contributed by atoms with Crippen molar-refractivity contribution >= 4 is 33.4 Å². The van der Waals surface area contributed by atoms with Crippen LogP contribution in [0.15, 0.2) is 22.7 Å². The third kappa shape index (κ3) is 4.96. The van der Waals surface area contributed by atoms with E-state index in [9.17, 15) is 4.79 Å². The van der Waals surface area contributed by atoms with Gasteiger partial charge in [-0.05, 0) is 32.0 Å². The zero-order valence-electron chi connectivity index (χ0n) is 10.7. The van der Waals surface area contributed by atoms with Gasteiger partial charge in [0, 0.05) is 28.7 Å². The molecular weight excluding hydrogens is 318 g/mol. The lowest BCUT2D eigenvalue weighted by Crippen LogP contribution is -2.30. The zero-order valence-corrected chi connectivity index (χ0v) is 13.1. The third-order valence-electron chi connectivity index (χ3n) is 2.33. The SMILES string of the molecule is CC(C)OCCN(C)C(=O)c1cc(Cl)cc(Br)c1. The summed E-state index contributed by atoms with van der Waals surface area (Å²) in [4.78, 5) is 13.7. The summed E-state index contributed by atoms with van der Waals surface area (Å²) in [6.45, 7) is 5.02. The molecule has 1 aromatic rings. The van der Waals surface area contributed by atoms with E-state index in [1.165, 1.54) is 0 Å². The van der Waals surface area contributed by atoms with Gasteiger partial charge < -0.3 is 9.64 Å². The van der Waals surface area contributed by atoms with Gasteiger partial charge in [-0.3, -0.25) is 4.79 Å². The molecular formula is C13H17BrClNO2. The van der Waals surface area contributed by atoms with E-state index in [1.807, 2.05) is 13.8 Å². The summed E-state index contributed by atoms with van der Waals surface area (Å²) in [6.07, 6.45) is 0.175. The van der Waals surface area contributed by atoms with Crippen LogP contribution in [0.2, 0.25) is 5.02 Å². The second-order valence-corrected chi connectivity index (χ2v) is 5.66. The lowest BCUT2D eigenvalue weighted by atomic mass is 10.2. The summed E-state index contributed by atoms with van der Waals surface area (Å²) in [5.41, 5.74) is 0.571. The van der Waals surface area contributed by atoms with Crippen molar-refractivity contribution in [3.63, 3.8) is 0 Å². The average Bonchev–Trinajstić information content (AvgIpc) is 2.26. The number of carbonyl (C=O) groups excluding carboxylic acids is 1. The summed E-state index contributed by atoms with van der Waals surface area (Å²) in [5.74, 6) is -0.0643. The fourth-order valence-corrected chi connectivity index (χ4v) is 2.28. The molecule has 1 amide bonds. The van der Waals surface area contributed by atoms with Gasteiger partial charge in [0.15, 0.2) is 0 Å². The Morgan fingerprint density at radius 1 is 1.44 bits per heavy atom. The maximum absolute atomic E-state index is 12.1. The Labute approximate surface area is 121 Å². The minimum atomic E-state index is -0.0643. The van der Waals surface area contributed by atoms with E-state index in [-0.39, 0.29) is 12.0 Å². The highest BCUT2D eigenvalue weighted by atomic mass is 79.9. The van der Waals surface area contributed by atoms with Crippen LogP contribution in [0.4, 0.5) is 0 Å². The van der Waals surface area contributed by atoms with E-state index in [1.54, 1.807) is 30.1 Å². The van der Waals surface area contributed by atoms with Gasteiger partial charge in [-0.2, -0.15) is 0 Å². The molecule has 0 aromatic heterocycles. The average molecular weight is 335 g/mol. The van der Waals surface area contributed by atoms with Gasteiger partial charge >= 0.3 is 0 Å². The first-order chi connectivity index (χ1) is 8.40. The van der Waals surface area contributed by atoms with Crippen molar-refractivity contribution in [2.45, 2.75) is 20.0 Å².